The maximum atomic E-state index is 11.2. The highest BCUT2D eigenvalue weighted by Gasteiger charge is 2.24. The second-order valence-electron chi connectivity index (χ2n) is 5.19. The zero-order valence-corrected chi connectivity index (χ0v) is 12.2. The molecule has 1 aliphatic heterocycles. The Hall–Kier alpha value is -1.85. The fraction of sp³-hybridized carbons (Fsp3) is 0.643. The van der Waals surface area contributed by atoms with E-state index < -0.39 is 0 Å². The summed E-state index contributed by atoms with van der Waals surface area (Å²) in [6.45, 7) is 3.76. The average Bonchev–Trinajstić information content (AvgIpc) is 2.47. The summed E-state index contributed by atoms with van der Waals surface area (Å²) in [5.41, 5.74) is 5.37. The topological polar surface area (TPSA) is 84.1 Å². The summed E-state index contributed by atoms with van der Waals surface area (Å²) in [5, 5.41) is 3.08. The summed E-state index contributed by atoms with van der Waals surface area (Å²) in [6, 6.07) is 1.96. The van der Waals surface area contributed by atoms with Crippen molar-refractivity contribution in [3.05, 3.63) is 11.9 Å². The molecule has 0 atom stereocenters. The molecule has 2 heterocycles. The highest BCUT2D eigenvalue weighted by Crippen LogP contribution is 2.23. The maximum absolute atomic E-state index is 11.2. The number of piperidine rings is 1. The predicted octanol–water partition coefficient (Wildman–Crippen LogP) is 1.17. The number of nitrogens with two attached hydrogens (primary N) is 1. The summed E-state index contributed by atoms with van der Waals surface area (Å²) >= 11 is 0. The number of aromatic nitrogens is 2. The molecule has 0 spiro atoms. The number of amides is 1. The van der Waals surface area contributed by atoms with Gasteiger partial charge in [-0.2, -0.15) is 0 Å². The summed E-state index contributed by atoms with van der Waals surface area (Å²) in [6.07, 6.45) is 3.51. The first-order chi connectivity index (χ1) is 9.63. The molecule has 110 valence electrons. The Morgan fingerprint density at radius 2 is 2.15 bits per heavy atom. The molecule has 1 aliphatic rings. The molecule has 1 saturated heterocycles. The van der Waals surface area contributed by atoms with Gasteiger partial charge in [-0.3, -0.25) is 4.79 Å². The predicted molar refractivity (Wildman–Crippen MR) is 79.7 cm³/mol. The van der Waals surface area contributed by atoms with E-state index in [2.05, 4.69) is 27.1 Å². The van der Waals surface area contributed by atoms with Crippen LogP contribution in [0.5, 0.6) is 0 Å². The first-order valence-electron chi connectivity index (χ1n) is 7.24. The lowest BCUT2D eigenvalue weighted by Crippen LogP contribution is -2.39. The van der Waals surface area contributed by atoms with Crippen LogP contribution in [0.2, 0.25) is 0 Å². The van der Waals surface area contributed by atoms with Gasteiger partial charge in [0.1, 0.15) is 17.5 Å². The van der Waals surface area contributed by atoms with E-state index in [0.29, 0.717) is 0 Å². The Morgan fingerprint density at radius 3 is 2.70 bits per heavy atom. The molecule has 0 aromatic carbocycles. The van der Waals surface area contributed by atoms with Crippen LogP contribution >= 0.6 is 0 Å². The third-order valence-electron chi connectivity index (χ3n) is 3.71. The number of hydrogen-bond acceptors (Lipinski definition) is 5. The maximum Gasteiger partial charge on any atom is 0.220 e. The number of aryl methyl sites for hydroxylation is 1. The molecule has 2 rings (SSSR count). The van der Waals surface area contributed by atoms with Crippen molar-refractivity contribution in [1.29, 1.82) is 0 Å². The van der Waals surface area contributed by atoms with Gasteiger partial charge in [0.2, 0.25) is 5.91 Å². The van der Waals surface area contributed by atoms with Crippen LogP contribution in [0.15, 0.2) is 6.07 Å². The fourth-order valence-corrected chi connectivity index (χ4v) is 2.50. The molecular formula is C14H23N5O. The Bertz CT molecular complexity index is 469. The summed E-state index contributed by atoms with van der Waals surface area (Å²) < 4.78 is 0. The van der Waals surface area contributed by atoms with Crippen molar-refractivity contribution in [3.63, 3.8) is 0 Å². The second kappa shape index (κ2) is 6.54. The normalized spacial score (nSPS) is 16.2. The molecule has 1 aromatic rings. The Balaban J connectivity index is 2.12. The van der Waals surface area contributed by atoms with Gasteiger partial charge in [-0.25, -0.2) is 9.97 Å². The quantitative estimate of drug-likeness (QED) is 0.844. The first-order valence-corrected chi connectivity index (χ1v) is 7.24. The minimum Gasteiger partial charge on any atom is -0.373 e. The lowest BCUT2D eigenvalue weighted by atomic mass is 9.96. The van der Waals surface area contributed by atoms with Crippen LogP contribution in [0.4, 0.5) is 11.6 Å². The van der Waals surface area contributed by atoms with Gasteiger partial charge in [-0.05, 0) is 19.3 Å². The molecule has 6 nitrogen and oxygen atoms in total. The molecule has 6 heteroatoms. The van der Waals surface area contributed by atoms with Gasteiger partial charge >= 0.3 is 0 Å². The van der Waals surface area contributed by atoms with E-state index >= 15 is 0 Å². The molecular weight excluding hydrogens is 254 g/mol. The number of anilines is 2. The van der Waals surface area contributed by atoms with Crippen molar-refractivity contribution in [2.75, 3.05) is 30.4 Å². The minimum absolute atomic E-state index is 0.00645. The number of hydrogen-bond donors (Lipinski definition) is 2. The molecule has 1 aromatic heterocycles. The number of nitrogens with one attached hydrogen (secondary N) is 1. The highest BCUT2D eigenvalue weighted by atomic mass is 16.1. The van der Waals surface area contributed by atoms with Gasteiger partial charge < -0.3 is 16.0 Å². The van der Waals surface area contributed by atoms with Gasteiger partial charge in [0.05, 0.1) is 0 Å². The third-order valence-corrected chi connectivity index (χ3v) is 3.71. The number of carbonyl (C=O) groups is 1. The molecule has 3 N–H and O–H groups in total. The Labute approximate surface area is 119 Å². The lowest BCUT2D eigenvalue weighted by Gasteiger charge is -2.31. The highest BCUT2D eigenvalue weighted by molar-refractivity contribution is 5.77. The van der Waals surface area contributed by atoms with Gasteiger partial charge in [0.25, 0.3) is 0 Å². The minimum atomic E-state index is -0.185. The van der Waals surface area contributed by atoms with Crippen molar-refractivity contribution < 1.29 is 4.79 Å². The zero-order valence-electron chi connectivity index (χ0n) is 12.2. The van der Waals surface area contributed by atoms with Crippen molar-refractivity contribution in [2.45, 2.75) is 32.6 Å². The Morgan fingerprint density at radius 1 is 1.45 bits per heavy atom. The molecule has 20 heavy (non-hydrogen) atoms. The smallest absolute Gasteiger partial charge is 0.220 e. The van der Waals surface area contributed by atoms with Crippen LogP contribution in [0, 0.1) is 5.92 Å². The van der Waals surface area contributed by atoms with Crippen molar-refractivity contribution >= 4 is 17.5 Å². The summed E-state index contributed by atoms with van der Waals surface area (Å²) in [7, 11) is 1.86. The van der Waals surface area contributed by atoms with Crippen LogP contribution < -0.4 is 16.0 Å². The first kappa shape index (κ1) is 14.6. The molecule has 0 saturated carbocycles. The molecule has 0 unspecified atom stereocenters. The number of carbonyl (C=O) groups excluding carboxylic acids is 1. The van der Waals surface area contributed by atoms with Gasteiger partial charge in [0, 0.05) is 38.5 Å². The van der Waals surface area contributed by atoms with Crippen LogP contribution in [0.3, 0.4) is 0 Å². The van der Waals surface area contributed by atoms with Crippen molar-refractivity contribution in [1.82, 2.24) is 9.97 Å². The van der Waals surface area contributed by atoms with E-state index in [1.807, 2.05) is 13.1 Å². The van der Waals surface area contributed by atoms with E-state index in [0.717, 1.165) is 56.2 Å². The van der Waals surface area contributed by atoms with Gasteiger partial charge in [-0.1, -0.05) is 6.92 Å². The van der Waals surface area contributed by atoms with Crippen LogP contribution in [-0.2, 0) is 11.2 Å². The monoisotopic (exact) mass is 277 g/mol. The van der Waals surface area contributed by atoms with E-state index in [-0.39, 0.29) is 11.8 Å². The van der Waals surface area contributed by atoms with Crippen LogP contribution in [-0.4, -0.2) is 36.0 Å². The molecule has 0 aliphatic carbocycles. The largest absolute Gasteiger partial charge is 0.373 e. The summed E-state index contributed by atoms with van der Waals surface area (Å²) in [5.74, 6) is 2.47. The second-order valence-corrected chi connectivity index (χ2v) is 5.19. The SMILES string of the molecule is CCCc1nc(NC)cc(N2CCC(C(N)=O)CC2)n1. The van der Waals surface area contributed by atoms with E-state index in [1.54, 1.807) is 0 Å². The van der Waals surface area contributed by atoms with Crippen molar-refractivity contribution in [2.24, 2.45) is 11.7 Å². The molecule has 0 bridgehead atoms. The molecule has 0 radical (unpaired) electrons. The fourth-order valence-electron chi connectivity index (χ4n) is 2.50. The standard InChI is InChI=1S/C14H23N5O/c1-3-4-11-17-12(16-2)9-13(18-11)19-7-5-10(6-8-19)14(15)20/h9-10H,3-8H2,1-2H3,(H2,15,20)(H,16,17,18). The van der Waals surface area contributed by atoms with Crippen molar-refractivity contribution in [3.8, 4) is 0 Å². The molecule has 1 amide bonds. The number of rotatable bonds is 5. The van der Waals surface area contributed by atoms with Crippen LogP contribution in [0.25, 0.3) is 0 Å². The lowest BCUT2D eigenvalue weighted by molar-refractivity contribution is -0.122. The zero-order chi connectivity index (χ0) is 14.5. The van der Waals surface area contributed by atoms with Crippen LogP contribution in [0.1, 0.15) is 32.0 Å². The molecule has 1 fully saturated rings. The third kappa shape index (κ3) is 3.37. The summed E-state index contributed by atoms with van der Waals surface area (Å²) in [4.78, 5) is 22.5. The van der Waals surface area contributed by atoms with Gasteiger partial charge in [0.15, 0.2) is 0 Å². The average molecular weight is 277 g/mol. The Kier molecular flexibility index (Phi) is 4.76. The van der Waals surface area contributed by atoms with Gasteiger partial charge in [-0.15, -0.1) is 0 Å². The van der Waals surface area contributed by atoms with E-state index in [9.17, 15) is 4.79 Å². The van der Waals surface area contributed by atoms with E-state index in [4.69, 9.17) is 5.73 Å². The number of primary amides is 1. The number of nitrogens with zero attached hydrogens (tertiary/aromatic N) is 3. The van der Waals surface area contributed by atoms with E-state index in [1.165, 1.54) is 0 Å².